The van der Waals surface area contributed by atoms with Crippen molar-refractivity contribution >= 4 is 5.69 Å². The summed E-state index contributed by atoms with van der Waals surface area (Å²) in [7, 11) is 2.22. The summed E-state index contributed by atoms with van der Waals surface area (Å²) in [6.07, 6.45) is 6.74. The van der Waals surface area contributed by atoms with E-state index in [2.05, 4.69) is 55.4 Å². The van der Waals surface area contributed by atoms with Gasteiger partial charge in [-0.25, -0.2) is 0 Å². The first-order valence-electron chi connectivity index (χ1n) is 8.22. The van der Waals surface area contributed by atoms with Crippen LogP contribution in [0, 0.1) is 12.8 Å². The minimum atomic E-state index is 0.765. The van der Waals surface area contributed by atoms with Gasteiger partial charge in [0, 0.05) is 25.3 Å². The van der Waals surface area contributed by atoms with Crippen LogP contribution >= 0.6 is 0 Å². The molecule has 2 heteroatoms. The number of hydrogen-bond acceptors (Lipinski definition) is 2. The molecule has 0 spiro atoms. The summed E-state index contributed by atoms with van der Waals surface area (Å²) in [6.45, 7) is 6.74. The zero-order valence-electron chi connectivity index (χ0n) is 13.4. The molecule has 1 N–H and O–H groups in total. The molecule has 0 radical (unpaired) electrons. The number of nitrogens with one attached hydrogen (secondary N) is 1. The van der Waals surface area contributed by atoms with Gasteiger partial charge in [0.05, 0.1) is 0 Å². The summed E-state index contributed by atoms with van der Waals surface area (Å²) < 4.78 is 0. The summed E-state index contributed by atoms with van der Waals surface area (Å²) in [5, 5.41) is 3.73. The monoisotopic (exact) mass is 274 g/mol. The number of anilines is 1. The van der Waals surface area contributed by atoms with Crippen LogP contribution < -0.4 is 10.2 Å². The van der Waals surface area contributed by atoms with E-state index < -0.39 is 0 Å². The van der Waals surface area contributed by atoms with Crippen LogP contribution in [-0.4, -0.2) is 26.2 Å². The highest BCUT2D eigenvalue weighted by Gasteiger charge is 2.26. The second kappa shape index (κ2) is 7.68. The third-order valence-electron chi connectivity index (χ3n) is 4.63. The van der Waals surface area contributed by atoms with E-state index in [9.17, 15) is 0 Å². The Labute approximate surface area is 124 Å². The molecule has 1 aromatic carbocycles. The first-order valence-corrected chi connectivity index (χ1v) is 8.22. The Balaban J connectivity index is 1.80. The van der Waals surface area contributed by atoms with Gasteiger partial charge in [-0.05, 0) is 57.2 Å². The molecular formula is C18H30N2. The lowest BCUT2D eigenvalue weighted by Crippen LogP contribution is -2.34. The van der Waals surface area contributed by atoms with Crippen LogP contribution in [0.25, 0.3) is 0 Å². The van der Waals surface area contributed by atoms with E-state index in [0.717, 1.165) is 18.5 Å². The Morgan fingerprint density at radius 2 is 1.95 bits per heavy atom. The Kier molecular flexibility index (Phi) is 5.90. The highest BCUT2D eigenvalue weighted by molar-refractivity contribution is 5.46. The Hall–Kier alpha value is -1.02. The summed E-state index contributed by atoms with van der Waals surface area (Å²) in [4.78, 5) is 2.40. The first-order chi connectivity index (χ1) is 9.70. The van der Waals surface area contributed by atoms with Gasteiger partial charge in [0.2, 0.25) is 0 Å². The third kappa shape index (κ3) is 4.24. The predicted octanol–water partition coefficient (Wildman–Crippen LogP) is 3.99. The second-order valence-electron chi connectivity index (χ2n) is 6.30. The minimum absolute atomic E-state index is 0.765. The number of hydrogen-bond donors (Lipinski definition) is 1. The normalized spacial score (nSPS) is 22.1. The van der Waals surface area contributed by atoms with Gasteiger partial charge < -0.3 is 10.2 Å². The summed E-state index contributed by atoms with van der Waals surface area (Å²) in [6, 6.07) is 9.63. The van der Waals surface area contributed by atoms with Crippen LogP contribution in [0.3, 0.4) is 0 Å². The highest BCUT2D eigenvalue weighted by Crippen LogP contribution is 2.29. The Bertz CT molecular complexity index is 385. The van der Waals surface area contributed by atoms with Crippen molar-refractivity contribution in [1.29, 1.82) is 0 Å². The molecule has 0 amide bonds. The van der Waals surface area contributed by atoms with E-state index in [-0.39, 0.29) is 0 Å². The number of nitrogens with zero attached hydrogens (tertiary/aromatic N) is 1. The quantitative estimate of drug-likeness (QED) is 0.809. The molecule has 1 aliphatic rings. The Morgan fingerprint density at radius 3 is 2.65 bits per heavy atom. The highest BCUT2D eigenvalue weighted by atomic mass is 15.1. The molecule has 0 aliphatic heterocycles. The van der Waals surface area contributed by atoms with E-state index in [1.165, 1.54) is 49.9 Å². The SMILES string of the molecule is CCCNC1CCCC1CCN(C)c1ccc(C)cc1. The van der Waals surface area contributed by atoms with Crippen molar-refractivity contribution in [2.45, 2.75) is 52.0 Å². The molecule has 20 heavy (non-hydrogen) atoms. The zero-order chi connectivity index (χ0) is 14.4. The van der Waals surface area contributed by atoms with Gasteiger partial charge in [-0.15, -0.1) is 0 Å². The molecule has 1 aromatic rings. The average Bonchev–Trinajstić information content (AvgIpc) is 2.90. The van der Waals surface area contributed by atoms with Crippen molar-refractivity contribution in [2.24, 2.45) is 5.92 Å². The van der Waals surface area contributed by atoms with E-state index in [1.54, 1.807) is 0 Å². The minimum Gasteiger partial charge on any atom is -0.375 e. The lowest BCUT2D eigenvalue weighted by atomic mass is 9.99. The molecule has 1 fully saturated rings. The fourth-order valence-electron chi connectivity index (χ4n) is 3.27. The maximum Gasteiger partial charge on any atom is 0.0363 e. The molecule has 1 aliphatic carbocycles. The van der Waals surface area contributed by atoms with Gasteiger partial charge in [0.25, 0.3) is 0 Å². The van der Waals surface area contributed by atoms with Gasteiger partial charge in [-0.2, -0.15) is 0 Å². The predicted molar refractivity (Wildman–Crippen MR) is 88.5 cm³/mol. The van der Waals surface area contributed by atoms with Crippen molar-refractivity contribution in [3.05, 3.63) is 29.8 Å². The van der Waals surface area contributed by atoms with Crippen LogP contribution in [0.2, 0.25) is 0 Å². The van der Waals surface area contributed by atoms with Crippen LogP contribution in [-0.2, 0) is 0 Å². The third-order valence-corrected chi connectivity index (χ3v) is 4.63. The molecular weight excluding hydrogens is 244 g/mol. The van der Waals surface area contributed by atoms with Crippen LogP contribution in [0.4, 0.5) is 5.69 Å². The van der Waals surface area contributed by atoms with Crippen LogP contribution in [0.1, 0.15) is 44.6 Å². The average molecular weight is 274 g/mol. The van der Waals surface area contributed by atoms with Gasteiger partial charge in [-0.1, -0.05) is 31.0 Å². The molecule has 0 bridgehead atoms. The molecule has 2 atom stereocenters. The largest absolute Gasteiger partial charge is 0.375 e. The fourth-order valence-corrected chi connectivity index (χ4v) is 3.27. The number of aryl methyl sites for hydroxylation is 1. The first kappa shape index (κ1) is 15.4. The van der Waals surface area contributed by atoms with Crippen molar-refractivity contribution in [1.82, 2.24) is 5.32 Å². The van der Waals surface area contributed by atoms with Crippen LogP contribution in [0.15, 0.2) is 24.3 Å². The summed E-state index contributed by atoms with van der Waals surface area (Å²) >= 11 is 0. The molecule has 0 saturated heterocycles. The van der Waals surface area contributed by atoms with Gasteiger partial charge in [0.15, 0.2) is 0 Å². The molecule has 2 nitrogen and oxygen atoms in total. The van der Waals surface area contributed by atoms with E-state index >= 15 is 0 Å². The van der Waals surface area contributed by atoms with Gasteiger partial charge in [0.1, 0.15) is 0 Å². The second-order valence-corrected chi connectivity index (χ2v) is 6.30. The number of benzene rings is 1. The van der Waals surface area contributed by atoms with Gasteiger partial charge >= 0.3 is 0 Å². The van der Waals surface area contributed by atoms with Crippen LogP contribution in [0.5, 0.6) is 0 Å². The lowest BCUT2D eigenvalue weighted by molar-refractivity contribution is 0.382. The number of rotatable bonds is 7. The lowest BCUT2D eigenvalue weighted by Gasteiger charge is -2.25. The van der Waals surface area contributed by atoms with E-state index in [4.69, 9.17) is 0 Å². The fraction of sp³-hybridized carbons (Fsp3) is 0.667. The molecule has 2 rings (SSSR count). The van der Waals surface area contributed by atoms with Crippen molar-refractivity contribution in [2.75, 3.05) is 25.0 Å². The molecule has 2 unspecified atom stereocenters. The molecule has 112 valence electrons. The maximum absolute atomic E-state index is 3.73. The summed E-state index contributed by atoms with van der Waals surface area (Å²) in [5.74, 6) is 0.870. The molecule has 0 aromatic heterocycles. The Morgan fingerprint density at radius 1 is 1.20 bits per heavy atom. The van der Waals surface area contributed by atoms with Crippen molar-refractivity contribution < 1.29 is 0 Å². The molecule has 1 saturated carbocycles. The van der Waals surface area contributed by atoms with Crippen molar-refractivity contribution in [3.63, 3.8) is 0 Å². The molecule has 0 heterocycles. The zero-order valence-corrected chi connectivity index (χ0v) is 13.4. The topological polar surface area (TPSA) is 15.3 Å². The van der Waals surface area contributed by atoms with Crippen molar-refractivity contribution in [3.8, 4) is 0 Å². The maximum atomic E-state index is 3.73. The van der Waals surface area contributed by atoms with E-state index in [0.29, 0.717) is 0 Å². The smallest absolute Gasteiger partial charge is 0.0363 e. The van der Waals surface area contributed by atoms with Gasteiger partial charge in [-0.3, -0.25) is 0 Å². The van der Waals surface area contributed by atoms with E-state index in [1.807, 2.05) is 0 Å². The summed E-state index contributed by atoms with van der Waals surface area (Å²) in [5.41, 5.74) is 2.67. The standard InChI is InChI=1S/C18H30N2/c1-4-13-19-18-7-5-6-16(18)12-14-20(3)17-10-8-15(2)9-11-17/h8-11,16,18-19H,4-7,12-14H2,1-3H3.